The minimum atomic E-state index is -2.81. The van der Waals surface area contributed by atoms with Crippen LogP contribution in [0.25, 0.3) is 0 Å². The van der Waals surface area contributed by atoms with Gasteiger partial charge in [-0.2, -0.15) is 8.78 Å². The molecule has 2 saturated heterocycles. The first-order valence-electron chi connectivity index (χ1n) is 5.41. The van der Waals surface area contributed by atoms with Gasteiger partial charge in [0, 0.05) is 19.5 Å². The molecular formula is C11H15F2NO3. The summed E-state index contributed by atoms with van der Waals surface area (Å²) in [6, 6.07) is 0. The number of hydrogen-bond acceptors (Lipinski definition) is 4. The second kappa shape index (κ2) is 4.34. The van der Waals surface area contributed by atoms with Crippen LogP contribution >= 0.6 is 0 Å². The van der Waals surface area contributed by atoms with Gasteiger partial charge in [-0.1, -0.05) is 12.2 Å². The SMILES string of the molecule is C=C1CN2CC(OC(F)F)CC2(C(=O)OC)C1. The number of fused-ring (bicyclic) bond motifs is 1. The summed E-state index contributed by atoms with van der Waals surface area (Å²) < 4.78 is 33.6. The number of carbonyl (C=O) groups excluding carboxylic acids is 1. The summed E-state index contributed by atoms with van der Waals surface area (Å²) in [5.41, 5.74) is 0.0803. The first-order chi connectivity index (χ1) is 7.98. The Morgan fingerprint density at radius 1 is 1.65 bits per heavy atom. The molecule has 0 amide bonds. The van der Waals surface area contributed by atoms with Gasteiger partial charge in [-0.3, -0.25) is 9.69 Å². The van der Waals surface area contributed by atoms with Crippen molar-refractivity contribution < 1.29 is 23.0 Å². The molecule has 0 N–H and O–H groups in total. The molecule has 0 aromatic heterocycles. The Morgan fingerprint density at radius 3 is 2.94 bits per heavy atom. The molecule has 17 heavy (non-hydrogen) atoms. The van der Waals surface area contributed by atoms with Crippen molar-refractivity contribution in [1.82, 2.24) is 4.90 Å². The van der Waals surface area contributed by atoms with E-state index in [9.17, 15) is 13.6 Å². The maximum Gasteiger partial charge on any atom is 0.345 e. The van der Waals surface area contributed by atoms with Gasteiger partial charge in [-0.05, 0) is 6.42 Å². The molecule has 0 aromatic carbocycles. The van der Waals surface area contributed by atoms with Gasteiger partial charge in [0.05, 0.1) is 13.2 Å². The topological polar surface area (TPSA) is 38.8 Å². The lowest BCUT2D eigenvalue weighted by Crippen LogP contribution is -2.46. The van der Waals surface area contributed by atoms with Crippen LogP contribution in [0.5, 0.6) is 0 Å². The van der Waals surface area contributed by atoms with Crippen LogP contribution in [-0.2, 0) is 14.3 Å². The zero-order valence-corrected chi connectivity index (χ0v) is 9.62. The van der Waals surface area contributed by atoms with Crippen molar-refractivity contribution in [3.63, 3.8) is 0 Å². The lowest BCUT2D eigenvalue weighted by Gasteiger charge is -2.27. The number of nitrogens with zero attached hydrogens (tertiary/aromatic N) is 1. The quantitative estimate of drug-likeness (QED) is 0.554. The minimum Gasteiger partial charge on any atom is -0.468 e. The van der Waals surface area contributed by atoms with Crippen molar-refractivity contribution in [1.29, 1.82) is 0 Å². The Morgan fingerprint density at radius 2 is 2.35 bits per heavy atom. The van der Waals surface area contributed by atoms with Crippen molar-refractivity contribution in [2.24, 2.45) is 0 Å². The second-order valence-electron chi connectivity index (χ2n) is 4.55. The average Bonchev–Trinajstić information content (AvgIpc) is 2.68. The van der Waals surface area contributed by atoms with Crippen LogP contribution in [0.3, 0.4) is 0 Å². The van der Waals surface area contributed by atoms with Gasteiger partial charge in [0.2, 0.25) is 0 Å². The second-order valence-corrected chi connectivity index (χ2v) is 4.55. The summed E-state index contributed by atoms with van der Waals surface area (Å²) in [6.45, 7) is 1.90. The predicted octanol–water partition coefficient (Wildman–Crippen LogP) is 1.17. The number of hydrogen-bond donors (Lipinski definition) is 0. The van der Waals surface area contributed by atoms with E-state index in [1.165, 1.54) is 7.11 Å². The molecular weight excluding hydrogens is 232 g/mol. The van der Waals surface area contributed by atoms with Gasteiger partial charge in [0.1, 0.15) is 5.54 Å². The van der Waals surface area contributed by atoms with E-state index in [0.29, 0.717) is 19.5 Å². The average molecular weight is 247 g/mol. The third kappa shape index (κ3) is 2.07. The highest BCUT2D eigenvalue weighted by molar-refractivity contribution is 5.82. The molecule has 0 bridgehead atoms. The number of alkyl halides is 2. The first-order valence-corrected chi connectivity index (χ1v) is 5.41. The van der Waals surface area contributed by atoms with Gasteiger partial charge in [0.15, 0.2) is 0 Å². The normalized spacial score (nSPS) is 33.2. The van der Waals surface area contributed by atoms with Gasteiger partial charge < -0.3 is 9.47 Å². The smallest absolute Gasteiger partial charge is 0.345 e. The summed E-state index contributed by atoms with van der Waals surface area (Å²) in [4.78, 5) is 13.7. The van der Waals surface area contributed by atoms with Crippen LogP contribution < -0.4 is 0 Å². The molecule has 4 nitrogen and oxygen atoms in total. The molecule has 0 spiro atoms. The molecule has 2 aliphatic heterocycles. The Labute approximate surface area is 98.2 Å². The van der Waals surface area contributed by atoms with Gasteiger partial charge in [0.25, 0.3) is 0 Å². The van der Waals surface area contributed by atoms with Gasteiger partial charge >= 0.3 is 12.6 Å². The van der Waals surface area contributed by atoms with Crippen LogP contribution in [-0.4, -0.2) is 49.3 Å². The van der Waals surface area contributed by atoms with Crippen molar-refractivity contribution >= 4 is 5.97 Å². The fourth-order valence-corrected chi connectivity index (χ4v) is 2.84. The van der Waals surface area contributed by atoms with Crippen molar-refractivity contribution in [2.75, 3.05) is 20.2 Å². The Balaban J connectivity index is 2.15. The number of halogens is 2. The molecule has 0 radical (unpaired) electrons. The first kappa shape index (κ1) is 12.4. The van der Waals surface area contributed by atoms with E-state index in [-0.39, 0.29) is 6.42 Å². The third-order valence-electron chi connectivity index (χ3n) is 3.41. The lowest BCUT2D eigenvalue weighted by atomic mass is 9.92. The molecule has 2 atom stereocenters. The summed E-state index contributed by atoms with van der Waals surface area (Å²) >= 11 is 0. The summed E-state index contributed by atoms with van der Waals surface area (Å²) in [6.07, 6.45) is 0.0772. The van der Waals surface area contributed by atoms with Crippen LogP contribution in [0.4, 0.5) is 8.78 Å². The van der Waals surface area contributed by atoms with E-state index < -0.39 is 24.2 Å². The molecule has 2 heterocycles. The fraction of sp³-hybridized carbons (Fsp3) is 0.727. The maximum absolute atomic E-state index is 12.2. The molecule has 2 aliphatic rings. The standard InChI is InChI=1S/C11H15F2NO3/c1-7-3-11(9(15)16-2)4-8(17-10(12)13)6-14(11)5-7/h8,10H,1,3-6H2,2H3. The summed E-state index contributed by atoms with van der Waals surface area (Å²) in [5, 5.41) is 0. The lowest BCUT2D eigenvalue weighted by molar-refractivity contribution is -0.162. The van der Waals surface area contributed by atoms with Gasteiger partial charge in [-0.15, -0.1) is 0 Å². The molecule has 0 aromatic rings. The Kier molecular flexibility index (Phi) is 3.18. The van der Waals surface area contributed by atoms with E-state index in [0.717, 1.165) is 5.57 Å². The molecule has 0 aliphatic carbocycles. The highest BCUT2D eigenvalue weighted by Crippen LogP contribution is 2.42. The largest absolute Gasteiger partial charge is 0.468 e. The van der Waals surface area contributed by atoms with Crippen LogP contribution in [0.15, 0.2) is 12.2 Å². The molecule has 2 rings (SSSR count). The Hall–Kier alpha value is -1.01. The number of methoxy groups -OCH3 is 1. The molecule has 2 fully saturated rings. The van der Waals surface area contributed by atoms with E-state index >= 15 is 0 Å². The Bertz CT molecular complexity index is 348. The number of esters is 1. The molecule has 2 unspecified atom stereocenters. The zero-order valence-electron chi connectivity index (χ0n) is 9.62. The third-order valence-corrected chi connectivity index (χ3v) is 3.41. The predicted molar refractivity (Wildman–Crippen MR) is 55.6 cm³/mol. The summed E-state index contributed by atoms with van der Waals surface area (Å²) in [5.74, 6) is -0.392. The summed E-state index contributed by atoms with van der Waals surface area (Å²) in [7, 11) is 1.30. The van der Waals surface area contributed by atoms with E-state index in [1.54, 1.807) is 0 Å². The number of carbonyl (C=O) groups is 1. The van der Waals surface area contributed by atoms with Crippen LogP contribution in [0.2, 0.25) is 0 Å². The zero-order chi connectivity index (χ0) is 12.6. The van der Waals surface area contributed by atoms with Crippen LogP contribution in [0, 0.1) is 0 Å². The van der Waals surface area contributed by atoms with Crippen LogP contribution in [0.1, 0.15) is 12.8 Å². The maximum atomic E-state index is 12.2. The number of ether oxygens (including phenoxy) is 2. The van der Waals surface area contributed by atoms with E-state index in [4.69, 9.17) is 4.74 Å². The van der Waals surface area contributed by atoms with Crippen molar-refractivity contribution in [3.05, 3.63) is 12.2 Å². The van der Waals surface area contributed by atoms with Gasteiger partial charge in [-0.25, -0.2) is 0 Å². The number of rotatable bonds is 3. The molecule has 6 heteroatoms. The van der Waals surface area contributed by atoms with E-state index in [1.807, 2.05) is 4.90 Å². The molecule has 96 valence electrons. The van der Waals surface area contributed by atoms with Crippen molar-refractivity contribution in [3.8, 4) is 0 Å². The fourth-order valence-electron chi connectivity index (χ4n) is 2.84. The van der Waals surface area contributed by atoms with Crippen molar-refractivity contribution in [2.45, 2.75) is 31.1 Å². The monoisotopic (exact) mass is 247 g/mol. The minimum absolute atomic E-state index is 0.239. The highest BCUT2D eigenvalue weighted by atomic mass is 19.3. The van der Waals surface area contributed by atoms with E-state index in [2.05, 4.69) is 11.3 Å². The highest BCUT2D eigenvalue weighted by Gasteiger charge is 2.56. The molecule has 0 saturated carbocycles.